The minimum absolute atomic E-state index is 0.622. The third-order valence-electron chi connectivity index (χ3n) is 5.12. The van der Waals surface area contributed by atoms with Gasteiger partial charge in [0.05, 0.1) is 11.7 Å². The highest BCUT2D eigenvalue weighted by Crippen LogP contribution is 2.44. The predicted molar refractivity (Wildman–Crippen MR) is 74.7 cm³/mol. The van der Waals surface area contributed by atoms with E-state index < -0.39 is 0 Å². The summed E-state index contributed by atoms with van der Waals surface area (Å²) >= 11 is 0. The normalized spacial score (nSPS) is 33.9. The highest BCUT2D eigenvalue weighted by Gasteiger charge is 2.46. The van der Waals surface area contributed by atoms with Gasteiger partial charge in [0.15, 0.2) is 0 Å². The van der Waals surface area contributed by atoms with Gasteiger partial charge in [0.1, 0.15) is 0 Å². The van der Waals surface area contributed by atoms with Gasteiger partial charge in [-0.15, -0.1) is 0 Å². The summed E-state index contributed by atoms with van der Waals surface area (Å²) in [6.07, 6.45) is 5.29. The van der Waals surface area contributed by atoms with Gasteiger partial charge in [-0.05, 0) is 50.8 Å². The van der Waals surface area contributed by atoms with Crippen LogP contribution >= 0.6 is 0 Å². The monoisotopic (exact) mass is 240 g/mol. The van der Waals surface area contributed by atoms with E-state index in [2.05, 4.69) is 37.1 Å². The fraction of sp³-hybridized carbons (Fsp3) is 0.562. The largest absolute Gasteiger partial charge is 0.295 e. The molecule has 0 radical (unpaired) electrons. The number of aryl methyl sites for hydroxylation is 1. The number of hydrogen-bond acceptors (Lipinski definition) is 2. The van der Waals surface area contributed by atoms with E-state index in [1.54, 1.807) is 0 Å². The summed E-state index contributed by atoms with van der Waals surface area (Å²) in [4.78, 5) is 7.51. The molecule has 0 N–H and O–H groups in total. The Bertz CT molecular complexity index is 530. The molecule has 3 atom stereocenters. The quantitative estimate of drug-likeness (QED) is 0.736. The summed E-state index contributed by atoms with van der Waals surface area (Å²) < 4.78 is 0. The van der Waals surface area contributed by atoms with Crippen LogP contribution in [0.4, 0.5) is 5.69 Å². The van der Waals surface area contributed by atoms with E-state index in [4.69, 9.17) is 4.99 Å². The van der Waals surface area contributed by atoms with Gasteiger partial charge in [0.2, 0.25) is 0 Å². The summed E-state index contributed by atoms with van der Waals surface area (Å²) in [5.41, 5.74) is 5.42. The van der Waals surface area contributed by atoms with Crippen molar-refractivity contribution in [2.45, 2.75) is 44.7 Å². The maximum absolute atomic E-state index is 4.92. The molecule has 2 heterocycles. The van der Waals surface area contributed by atoms with Crippen molar-refractivity contribution in [2.75, 3.05) is 7.05 Å². The molecule has 2 aliphatic heterocycles. The molecule has 2 bridgehead atoms. The topological polar surface area (TPSA) is 15.6 Å². The van der Waals surface area contributed by atoms with Crippen molar-refractivity contribution in [3.8, 4) is 0 Å². The fourth-order valence-corrected chi connectivity index (χ4v) is 4.24. The zero-order chi connectivity index (χ0) is 12.3. The molecule has 94 valence electrons. The van der Waals surface area contributed by atoms with E-state index in [0.717, 1.165) is 18.4 Å². The van der Waals surface area contributed by atoms with Crippen molar-refractivity contribution < 1.29 is 0 Å². The van der Waals surface area contributed by atoms with E-state index in [0.29, 0.717) is 6.04 Å². The zero-order valence-electron chi connectivity index (χ0n) is 11.2. The first kappa shape index (κ1) is 10.7. The van der Waals surface area contributed by atoms with Gasteiger partial charge in [-0.1, -0.05) is 17.7 Å². The van der Waals surface area contributed by atoms with Crippen LogP contribution in [0.1, 0.15) is 30.4 Å². The van der Waals surface area contributed by atoms with Crippen LogP contribution in [-0.2, 0) is 6.42 Å². The molecule has 2 fully saturated rings. The van der Waals surface area contributed by atoms with E-state index in [1.165, 1.54) is 41.8 Å². The number of aliphatic imine (C=N–C) groups is 1. The summed E-state index contributed by atoms with van der Waals surface area (Å²) in [6, 6.07) is 8.12. The van der Waals surface area contributed by atoms with Gasteiger partial charge in [-0.25, -0.2) is 0 Å². The van der Waals surface area contributed by atoms with Gasteiger partial charge in [-0.2, -0.15) is 0 Å². The molecule has 18 heavy (non-hydrogen) atoms. The Kier molecular flexibility index (Phi) is 2.19. The third-order valence-corrected chi connectivity index (χ3v) is 5.12. The first-order chi connectivity index (χ1) is 8.72. The van der Waals surface area contributed by atoms with Crippen LogP contribution in [-0.4, -0.2) is 29.7 Å². The van der Waals surface area contributed by atoms with E-state index >= 15 is 0 Å². The fourth-order valence-electron chi connectivity index (χ4n) is 4.24. The molecule has 0 amide bonds. The maximum Gasteiger partial charge on any atom is 0.0665 e. The Labute approximate surface area is 109 Å². The summed E-state index contributed by atoms with van der Waals surface area (Å²) in [5.74, 6) is 0.870. The Balaban J connectivity index is 1.65. The van der Waals surface area contributed by atoms with Gasteiger partial charge in [0, 0.05) is 18.2 Å². The summed E-state index contributed by atoms with van der Waals surface area (Å²) in [6.45, 7) is 2.17. The number of nitrogens with zero attached hydrogens (tertiary/aromatic N) is 2. The zero-order valence-corrected chi connectivity index (χ0v) is 11.2. The molecule has 1 aromatic rings. The lowest BCUT2D eigenvalue weighted by molar-refractivity contribution is 0.222. The van der Waals surface area contributed by atoms with Gasteiger partial charge >= 0.3 is 0 Å². The number of hydrogen-bond donors (Lipinski definition) is 0. The van der Waals surface area contributed by atoms with E-state index in [1.807, 2.05) is 0 Å². The van der Waals surface area contributed by atoms with Crippen molar-refractivity contribution >= 4 is 11.4 Å². The van der Waals surface area contributed by atoms with Crippen LogP contribution in [0.15, 0.2) is 23.2 Å². The molecule has 3 aliphatic rings. The van der Waals surface area contributed by atoms with Crippen molar-refractivity contribution in [3.05, 3.63) is 29.3 Å². The van der Waals surface area contributed by atoms with Crippen LogP contribution < -0.4 is 0 Å². The molecule has 2 heteroatoms. The Morgan fingerprint density at radius 1 is 1.28 bits per heavy atom. The Hall–Kier alpha value is -1.15. The van der Waals surface area contributed by atoms with Crippen molar-refractivity contribution in [3.63, 3.8) is 0 Å². The van der Waals surface area contributed by atoms with Gasteiger partial charge in [0.25, 0.3) is 0 Å². The second kappa shape index (κ2) is 3.67. The molecular weight excluding hydrogens is 220 g/mol. The standard InChI is InChI=1S/C16H20N2/c1-10-3-6-14-12(7-10)9-15(17-14)16-11-4-5-13(8-11)18(16)2/h3,6-7,11,13,16H,4-5,8-9H2,1-2H3/t11-,13+,16-/m0/s1. The lowest BCUT2D eigenvalue weighted by atomic mass is 9.92. The molecule has 0 unspecified atom stereocenters. The first-order valence-corrected chi connectivity index (χ1v) is 7.11. The predicted octanol–water partition coefficient (Wildman–Crippen LogP) is 3.11. The Morgan fingerprint density at radius 2 is 2.17 bits per heavy atom. The minimum Gasteiger partial charge on any atom is -0.295 e. The Morgan fingerprint density at radius 3 is 2.94 bits per heavy atom. The molecule has 1 aromatic carbocycles. The molecular formula is C16H20N2. The average molecular weight is 240 g/mol. The molecule has 2 nitrogen and oxygen atoms in total. The first-order valence-electron chi connectivity index (χ1n) is 7.11. The number of rotatable bonds is 1. The average Bonchev–Trinajstić information content (AvgIpc) is 3.00. The van der Waals surface area contributed by atoms with Crippen molar-refractivity contribution in [1.82, 2.24) is 4.90 Å². The highest BCUT2D eigenvalue weighted by molar-refractivity contribution is 5.98. The minimum atomic E-state index is 0.622. The molecule has 0 aromatic heterocycles. The summed E-state index contributed by atoms with van der Waals surface area (Å²) in [7, 11) is 2.30. The lowest BCUT2D eigenvalue weighted by Crippen LogP contribution is -2.43. The van der Waals surface area contributed by atoms with Crippen LogP contribution in [0.5, 0.6) is 0 Å². The second-order valence-corrected chi connectivity index (χ2v) is 6.25. The number of fused-ring (bicyclic) bond motifs is 3. The molecule has 1 aliphatic carbocycles. The van der Waals surface area contributed by atoms with Crippen LogP contribution in [0.2, 0.25) is 0 Å². The number of benzene rings is 1. The molecule has 4 rings (SSSR count). The van der Waals surface area contributed by atoms with Gasteiger partial charge < -0.3 is 0 Å². The summed E-state index contributed by atoms with van der Waals surface area (Å²) in [5, 5.41) is 0. The second-order valence-electron chi connectivity index (χ2n) is 6.25. The lowest BCUT2D eigenvalue weighted by Gasteiger charge is -2.32. The van der Waals surface area contributed by atoms with Crippen molar-refractivity contribution in [2.24, 2.45) is 10.9 Å². The molecule has 0 spiro atoms. The van der Waals surface area contributed by atoms with E-state index in [-0.39, 0.29) is 0 Å². The third kappa shape index (κ3) is 1.42. The molecule has 1 saturated carbocycles. The van der Waals surface area contributed by atoms with Crippen LogP contribution in [0, 0.1) is 12.8 Å². The maximum atomic E-state index is 4.92. The number of piperidine rings is 1. The number of likely N-dealkylation sites (tertiary alicyclic amines) is 1. The SMILES string of the molecule is Cc1ccc2c(c1)CC([C@@H]1[C@H]3CC[C@H](C3)N1C)=N2. The van der Waals surface area contributed by atoms with Crippen molar-refractivity contribution in [1.29, 1.82) is 0 Å². The van der Waals surface area contributed by atoms with Gasteiger partial charge in [-0.3, -0.25) is 9.89 Å². The highest BCUT2D eigenvalue weighted by atomic mass is 15.2. The van der Waals surface area contributed by atoms with Crippen LogP contribution in [0.25, 0.3) is 0 Å². The van der Waals surface area contributed by atoms with Crippen LogP contribution in [0.3, 0.4) is 0 Å². The molecule has 1 saturated heterocycles. The van der Waals surface area contributed by atoms with E-state index in [9.17, 15) is 0 Å². The smallest absolute Gasteiger partial charge is 0.0665 e.